The topological polar surface area (TPSA) is 77.0 Å². The van der Waals surface area contributed by atoms with Crippen LogP contribution >= 0.6 is 0 Å². The molecule has 3 rings (SSSR count). The first-order valence-corrected chi connectivity index (χ1v) is 7.30. The van der Waals surface area contributed by atoms with Crippen molar-refractivity contribution >= 4 is 11.6 Å². The molecule has 3 aromatic rings. The van der Waals surface area contributed by atoms with E-state index in [1.165, 1.54) is 37.1 Å². The second kappa shape index (κ2) is 7.18. The van der Waals surface area contributed by atoms with Crippen molar-refractivity contribution in [1.29, 1.82) is 0 Å². The minimum Gasteiger partial charge on any atom is -0.406 e. The van der Waals surface area contributed by atoms with Gasteiger partial charge >= 0.3 is 6.36 Å². The highest BCUT2D eigenvalue weighted by Gasteiger charge is 2.31. The minimum absolute atomic E-state index is 0.276. The molecule has 0 atom stereocenters. The number of halogens is 3. The van der Waals surface area contributed by atoms with Gasteiger partial charge in [-0.2, -0.15) is 0 Å². The monoisotopic (exact) mass is 360 g/mol. The van der Waals surface area contributed by atoms with Crippen molar-refractivity contribution in [2.75, 3.05) is 5.32 Å². The van der Waals surface area contributed by atoms with E-state index in [9.17, 15) is 18.0 Å². The number of alkyl halides is 3. The van der Waals surface area contributed by atoms with E-state index in [4.69, 9.17) is 0 Å². The predicted molar refractivity (Wildman–Crippen MR) is 86.3 cm³/mol. The Hall–Kier alpha value is -3.49. The number of carbonyl (C=O) groups excluding carboxylic acids is 1. The Bertz CT molecular complexity index is 900. The fourth-order valence-electron chi connectivity index (χ4n) is 2.18. The summed E-state index contributed by atoms with van der Waals surface area (Å²) in [5.74, 6) is -0.847. The van der Waals surface area contributed by atoms with Crippen molar-refractivity contribution in [3.63, 3.8) is 0 Å². The summed E-state index contributed by atoms with van der Waals surface area (Å²) in [7, 11) is 0. The summed E-state index contributed by atoms with van der Waals surface area (Å²) in [5.41, 5.74) is 1.54. The van der Waals surface area contributed by atoms with Gasteiger partial charge in [0, 0.05) is 29.8 Å². The summed E-state index contributed by atoms with van der Waals surface area (Å²) >= 11 is 0. The van der Waals surface area contributed by atoms with Crippen LogP contribution in [0.4, 0.5) is 18.9 Å². The van der Waals surface area contributed by atoms with E-state index in [0.717, 1.165) is 12.1 Å². The molecule has 9 heteroatoms. The molecule has 0 aliphatic heterocycles. The molecule has 132 valence electrons. The summed E-state index contributed by atoms with van der Waals surface area (Å²) in [5, 5.41) is 2.60. The lowest BCUT2D eigenvalue weighted by atomic mass is 10.1. The van der Waals surface area contributed by atoms with Gasteiger partial charge < -0.3 is 10.1 Å². The quantitative estimate of drug-likeness (QED) is 0.768. The number of nitrogens with zero attached hydrogens (tertiary/aromatic N) is 3. The van der Waals surface area contributed by atoms with Gasteiger partial charge in [0.1, 0.15) is 12.1 Å². The van der Waals surface area contributed by atoms with E-state index in [-0.39, 0.29) is 11.3 Å². The molecule has 2 aromatic heterocycles. The largest absolute Gasteiger partial charge is 0.573 e. The number of nitrogens with one attached hydrogen (secondary N) is 1. The van der Waals surface area contributed by atoms with Crippen molar-refractivity contribution < 1.29 is 22.7 Å². The number of benzene rings is 1. The van der Waals surface area contributed by atoms with Crippen molar-refractivity contribution in [3.05, 3.63) is 66.9 Å². The van der Waals surface area contributed by atoms with E-state index in [1.54, 1.807) is 12.1 Å². The fourth-order valence-corrected chi connectivity index (χ4v) is 2.18. The Morgan fingerprint density at radius 3 is 2.38 bits per heavy atom. The van der Waals surface area contributed by atoms with Gasteiger partial charge in [-0.1, -0.05) is 0 Å². The van der Waals surface area contributed by atoms with Crippen molar-refractivity contribution in [2.45, 2.75) is 6.36 Å². The van der Waals surface area contributed by atoms with Crippen LogP contribution in [-0.2, 0) is 0 Å². The van der Waals surface area contributed by atoms with Crippen LogP contribution < -0.4 is 10.1 Å². The zero-order valence-electron chi connectivity index (χ0n) is 13.1. The molecule has 2 heterocycles. The highest BCUT2D eigenvalue weighted by Crippen LogP contribution is 2.25. The third-order valence-corrected chi connectivity index (χ3v) is 3.23. The predicted octanol–water partition coefficient (Wildman–Crippen LogP) is 3.69. The first kappa shape index (κ1) is 17.3. The molecular formula is C17H11F3N4O2. The molecule has 0 fully saturated rings. The Morgan fingerprint density at radius 2 is 1.73 bits per heavy atom. The van der Waals surface area contributed by atoms with Crippen LogP contribution in [0.15, 0.2) is 61.3 Å². The molecule has 26 heavy (non-hydrogen) atoms. The highest BCUT2D eigenvalue weighted by molar-refractivity contribution is 6.08. The normalized spacial score (nSPS) is 11.0. The molecule has 6 nitrogen and oxygen atoms in total. The minimum atomic E-state index is -4.77. The third-order valence-electron chi connectivity index (χ3n) is 3.23. The lowest BCUT2D eigenvalue weighted by Gasteiger charge is -2.11. The highest BCUT2D eigenvalue weighted by atomic mass is 19.4. The van der Waals surface area contributed by atoms with E-state index >= 15 is 0 Å². The van der Waals surface area contributed by atoms with Crippen LogP contribution in [0.5, 0.6) is 5.75 Å². The van der Waals surface area contributed by atoms with Gasteiger partial charge in [-0.25, -0.2) is 9.97 Å². The van der Waals surface area contributed by atoms with E-state index in [0.29, 0.717) is 16.9 Å². The van der Waals surface area contributed by atoms with E-state index < -0.39 is 12.3 Å². The van der Waals surface area contributed by atoms with Crippen LogP contribution in [-0.4, -0.2) is 27.2 Å². The summed E-state index contributed by atoms with van der Waals surface area (Å²) in [6, 6.07) is 8.01. The zero-order chi connectivity index (χ0) is 18.6. The maximum Gasteiger partial charge on any atom is 0.573 e. The first-order chi connectivity index (χ1) is 12.4. The number of amides is 1. The van der Waals surface area contributed by atoms with Gasteiger partial charge in [0.2, 0.25) is 0 Å². The standard InChI is InChI=1S/C17H11F3N4O2/c18-17(19,20)26-13-5-3-12(4-6-13)24-16(25)14-2-1-7-23-15(14)11-8-21-10-22-9-11/h1-10H,(H,24,25). The smallest absolute Gasteiger partial charge is 0.406 e. The van der Waals surface area contributed by atoms with Crippen molar-refractivity contribution in [1.82, 2.24) is 15.0 Å². The van der Waals surface area contributed by atoms with Crippen LogP contribution in [0.25, 0.3) is 11.3 Å². The molecule has 0 unspecified atom stereocenters. The van der Waals surface area contributed by atoms with Crippen LogP contribution in [0, 0.1) is 0 Å². The number of pyridine rings is 1. The summed E-state index contributed by atoms with van der Waals surface area (Å²) in [6.07, 6.45) is 1.16. The Labute approximate surface area is 145 Å². The Balaban J connectivity index is 1.79. The third kappa shape index (κ3) is 4.32. The molecule has 0 aliphatic carbocycles. The van der Waals surface area contributed by atoms with E-state index in [1.807, 2.05) is 0 Å². The number of aromatic nitrogens is 3. The van der Waals surface area contributed by atoms with E-state index in [2.05, 4.69) is 25.0 Å². The molecule has 0 aliphatic rings. The molecule has 1 N–H and O–H groups in total. The maximum absolute atomic E-state index is 12.5. The lowest BCUT2D eigenvalue weighted by Crippen LogP contribution is -2.17. The second-order valence-corrected chi connectivity index (χ2v) is 5.05. The van der Waals surface area contributed by atoms with Gasteiger partial charge in [-0.05, 0) is 36.4 Å². The Morgan fingerprint density at radius 1 is 1.04 bits per heavy atom. The van der Waals surface area contributed by atoms with Gasteiger partial charge in [-0.15, -0.1) is 13.2 Å². The number of anilines is 1. The average Bonchev–Trinajstić information content (AvgIpc) is 2.63. The SMILES string of the molecule is O=C(Nc1ccc(OC(F)(F)F)cc1)c1cccnc1-c1cncnc1. The van der Waals surface area contributed by atoms with Crippen molar-refractivity contribution in [2.24, 2.45) is 0 Å². The Kier molecular flexibility index (Phi) is 4.78. The molecule has 0 spiro atoms. The van der Waals surface area contributed by atoms with Crippen LogP contribution in [0.1, 0.15) is 10.4 Å². The second-order valence-electron chi connectivity index (χ2n) is 5.05. The molecular weight excluding hydrogens is 349 g/mol. The number of hydrogen-bond donors (Lipinski definition) is 1. The molecule has 1 aromatic carbocycles. The van der Waals surface area contributed by atoms with Gasteiger partial charge in [0.25, 0.3) is 5.91 Å². The van der Waals surface area contributed by atoms with Gasteiger partial charge in [0.15, 0.2) is 0 Å². The van der Waals surface area contributed by atoms with Crippen LogP contribution in [0.3, 0.4) is 0 Å². The average molecular weight is 360 g/mol. The number of ether oxygens (including phenoxy) is 1. The van der Waals surface area contributed by atoms with Crippen LogP contribution in [0.2, 0.25) is 0 Å². The summed E-state index contributed by atoms with van der Waals surface area (Å²) in [6.45, 7) is 0. The lowest BCUT2D eigenvalue weighted by molar-refractivity contribution is -0.274. The number of carbonyl (C=O) groups is 1. The molecule has 0 saturated carbocycles. The maximum atomic E-state index is 12.5. The summed E-state index contributed by atoms with van der Waals surface area (Å²) in [4.78, 5) is 24.5. The molecule has 1 amide bonds. The summed E-state index contributed by atoms with van der Waals surface area (Å²) < 4.78 is 40.3. The van der Waals surface area contributed by atoms with Gasteiger partial charge in [0.05, 0.1) is 11.3 Å². The number of hydrogen-bond acceptors (Lipinski definition) is 5. The zero-order valence-corrected chi connectivity index (χ0v) is 13.1. The number of rotatable bonds is 4. The molecule has 0 bridgehead atoms. The molecule has 0 saturated heterocycles. The fraction of sp³-hybridized carbons (Fsp3) is 0.0588. The van der Waals surface area contributed by atoms with Gasteiger partial charge in [-0.3, -0.25) is 9.78 Å². The first-order valence-electron chi connectivity index (χ1n) is 7.30. The van der Waals surface area contributed by atoms with Crippen molar-refractivity contribution in [3.8, 4) is 17.0 Å². The molecule has 0 radical (unpaired) electrons.